The lowest BCUT2D eigenvalue weighted by Crippen LogP contribution is -2.31. The SMILES string of the molecule is COC(=O)C1=C(Nc2ccc(Nc3ccccc3)c([N+](=O)[O-])c2)C(=O)N(CCO)C1. The average molecular weight is 412 g/mol. The summed E-state index contributed by atoms with van der Waals surface area (Å²) >= 11 is 0. The number of ether oxygens (including phenoxy) is 1. The number of esters is 1. The Bertz CT molecular complexity index is 1010. The molecule has 30 heavy (non-hydrogen) atoms. The van der Waals surface area contributed by atoms with Crippen LogP contribution >= 0.6 is 0 Å². The van der Waals surface area contributed by atoms with Crippen LogP contribution in [0, 0.1) is 10.1 Å². The maximum atomic E-state index is 12.6. The molecule has 1 amide bonds. The molecule has 0 fully saturated rings. The Morgan fingerprint density at radius 3 is 2.57 bits per heavy atom. The Balaban J connectivity index is 1.91. The minimum absolute atomic E-state index is 0.0237. The minimum Gasteiger partial charge on any atom is -0.466 e. The molecule has 3 rings (SSSR count). The normalized spacial score (nSPS) is 13.4. The highest BCUT2D eigenvalue weighted by molar-refractivity contribution is 6.08. The van der Waals surface area contributed by atoms with Gasteiger partial charge in [-0.1, -0.05) is 18.2 Å². The fourth-order valence-electron chi connectivity index (χ4n) is 3.04. The zero-order chi connectivity index (χ0) is 21.7. The predicted molar refractivity (Wildman–Crippen MR) is 109 cm³/mol. The Morgan fingerprint density at radius 2 is 1.93 bits per heavy atom. The number of anilines is 3. The highest BCUT2D eigenvalue weighted by atomic mass is 16.6. The van der Waals surface area contributed by atoms with E-state index in [9.17, 15) is 19.7 Å². The fraction of sp³-hybridized carbons (Fsp3) is 0.200. The number of aliphatic hydroxyl groups excluding tert-OH is 1. The van der Waals surface area contributed by atoms with Crippen LogP contribution in [0.2, 0.25) is 0 Å². The molecule has 1 aliphatic heterocycles. The predicted octanol–water partition coefficient (Wildman–Crippen LogP) is 2.01. The summed E-state index contributed by atoms with van der Waals surface area (Å²) in [5.41, 5.74) is 1.07. The first-order chi connectivity index (χ1) is 14.4. The number of methoxy groups -OCH3 is 1. The summed E-state index contributed by atoms with van der Waals surface area (Å²) in [6, 6.07) is 13.3. The second-order valence-electron chi connectivity index (χ2n) is 6.40. The molecule has 0 spiro atoms. The van der Waals surface area contributed by atoms with Crippen LogP contribution in [0.15, 0.2) is 59.8 Å². The van der Waals surface area contributed by atoms with E-state index < -0.39 is 16.8 Å². The molecule has 2 aromatic carbocycles. The maximum absolute atomic E-state index is 12.6. The van der Waals surface area contributed by atoms with Gasteiger partial charge < -0.3 is 25.4 Å². The fourth-order valence-corrected chi connectivity index (χ4v) is 3.04. The van der Waals surface area contributed by atoms with E-state index >= 15 is 0 Å². The largest absolute Gasteiger partial charge is 0.466 e. The Labute approximate surface area is 171 Å². The van der Waals surface area contributed by atoms with E-state index in [2.05, 4.69) is 10.6 Å². The van der Waals surface area contributed by atoms with Gasteiger partial charge in [0.25, 0.3) is 11.6 Å². The van der Waals surface area contributed by atoms with Gasteiger partial charge in [0.05, 0.1) is 30.8 Å². The lowest BCUT2D eigenvalue weighted by Gasteiger charge is -2.15. The molecule has 0 radical (unpaired) electrons. The highest BCUT2D eigenvalue weighted by Crippen LogP contribution is 2.32. The molecule has 3 N–H and O–H groups in total. The van der Waals surface area contributed by atoms with E-state index in [1.54, 1.807) is 30.3 Å². The van der Waals surface area contributed by atoms with Gasteiger partial charge >= 0.3 is 5.97 Å². The number of amides is 1. The van der Waals surface area contributed by atoms with Gasteiger partial charge in [-0.25, -0.2) is 4.79 Å². The Morgan fingerprint density at radius 1 is 1.20 bits per heavy atom. The van der Waals surface area contributed by atoms with Crippen molar-refractivity contribution in [2.45, 2.75) is 0 Å². The topological polar surface area (TPSA) is 134 Å². The third kappa shape index (κ3) is 4.39. The zero-order valence-electron chi connectivity index (χ0n) is 16.1. The first-order valence-corrected chi connectivity index (χ1v) is 9.03. The third-order valence-corrected chi connectivity index (χ3v) is 4.47. The van der Waals surface area contributed by atoms with E-state index in [0.717, 1.165) is 0 Å². The van der Waals surface area contributed by atoms with Gasteiger partial charge in [-0.05, 0) is 24.3 Å². The van der Waals surface area contributed by atoms with Crippen LogP contribution in [0.3, 0.4) is 0 Å². The quantitative estimate of drug-likeness (QED) is 0.341. The van der Waals surface area contributed by atoms with Crippen molar-refractivity contribution in [3.05, 3.63) is 69.9 Å². The number of rotatable bonds is 8. The van der Waals surface area contributed by atoms with Gasteiger partial charge in [-0.2, -0.15) is 0 Å². The number of nitrogens with one attached hydrogen (secondary N) is 2. The molecular weight excluding hydrogens is 392 g/mol. The number of carbonyl (C=O) groups is 2. The van der Waals surface area contributed by atoms with Crippen LogP contribution < -0.4 is 10.6 Å². The van der Waals surface area contributed by atoms with E-state index in [4.69, 9.17) is 9.84 Å². The van der Waals surface area contributed by atoms with Gasteiger partial charge in [-0.15, -0.1) is 0 Å². The van der Waals surface area contributed by atoms with Crippen molar-refractivity contribution in [1.29, 1.82) is 0 Å². The molecule has 0 unspecified atom stereocenters. The molecule has 10 nitrogen and oxygen atoms in total. The molecule has 2 aromatic rings. The van der Waals surface area contributed by atoms with Crippen LogP contribution in [0.5, 0.6) is 0 Å². The molecule has 0 saturated carbocycles. The number of β-amino-alcohol motifs (C(OH)–C–C–N with tert-alkyl or cyclic N) is 1. The van der Waals surface area contributed by atoms with E-state index in [1.165, 1.54) is 24.1 Å². The second-order valence-corrected chi connectivity index (χ2v) is 6.40. The standard InChI is InChI=1S/C20H20N4O6/c1-30-20(27)15-12-23(9-10-25)19(26)18(15)22-14-7-8-16(17(11-14)24(28)29)21-13-5-3-2-4-6-13/h2-8,11,21-22,25H,9-10,12H2,1H3. The van der Waals surface area contributed by atoms with Crippen molar-refractivity contribution in [3.63, 3.8) is 0 Å². The summed E-state index contributed by atoms with van der Waals surface area (Å²) in [5, 5.41) is 26.5. The monoisotopic (exact) mass is 412 g/mol. The van der Waals surface area contributed by atoms with Gasteiger partial charge in [0.1, 0.15) is 11.4 Å². The first kappa shape index (κ1) is 20.8. The molecule has 0 bridgehead atoms. The smallest absolute Gasteiger partial charge is 0.337 e. The van der Waals surface area contributed by atoms with Gasteiger partial charge in [0, 0.05) is 24.0 Å². The molecule has 1 aliphatic rings. The lowest BCUT2D eigenvalue weighted by molar-refractivity contribution is -0.383. The number of nitro groups is 1. The summed E-state index contributed by atoms with van der Waals surface area (Å²) in [7, 11) is 1.20. The number of nitrogens with zero attached hydrogens (tertiary/aromatic N) is 2. The number of carbonyl (C=O) groups excluding carboxylic acids is 2. The van der Waals surface area contributed by atoms with Gasteiger partial charge in [-0.3, -0.25) is 14.9 Å². The lowest BCUT2D eigenvalue weighted by atomic mass is 10.2. The maximum Gasteiger partial charge on any atom is 0.337 e. The van der Waals surface area contributed by atoms with Crippen molar-refractivity contribution < 1.29 is 24.4 Å². The van der Waals surface area contributed by atoms with Gasteiger partial charge in [0.2, 0.25) is 0 Å². The summed E-state index contributed by atoms with van der Waals surface area (Å²) < 4.78 is 4.73. The zero-order valence-corrected chi connectivity index (χ0v) is 16.1. The van der Waals surface area contributed by atoms with Crippen LogP contribution in [0.4, 0.5) is 22.7 Å². The molecule has 0 atom stereocenters. The number of hydrogen-bond donors (Lipinski definition) is 3. The van der Waals surface area contributed by atoms with Crippen molar-refractivity contribution in [2.24, 2.45) is 0 Å². The summed E-state index contributed by atoms with van der Waals surface area (Å²) in [5.74, 6) is -1.19. The van der Waals surface area contributed by atoms with Crippen molar-refractivity contribution in [2.75, 3.05) is 37.4 Å². The average Bonchev–Trinajstić information content (AvgIpc) is 3.05. The van der Waals surface area contributed by atoms with E-state index in [-0.39, 0.29) is 48.0 Å². The highest BCUT2D eigenvalue weighted by Gasteiger charge is 2.34. The minimum atomic E-state index is -0.692. The second kappa shape index (κ2) is 9.05. The number of aliphatic hydroxyl groups is 1. The summed E-state index contributed by atoms with van der Waals surface area (Å²) in [4.78, 5) is 37.0. The van der Waals surface area contributed by atoms with Crippen LogP contribution in [-0.4, -0.2) is 53.6 Å². The molecule has 156 valence electrons. The van der Waals surface area contributed by atoms with Crippen LogP contribution in [0.25, 0.3) is 0 Å². The Kier molecular flexibility index (Phi) is 6.28. The molecule has 1 heterocycles. The number of nitro benzene ring substituents is 1. The van der Waals surface area contributed by atoms with Crippen molar-refractivity contribution in [3.8, 4) is 0 Å². The van der Waals surface area contributed by atoms with Crippen molar-refractivity contribution in [1.82, 2.24) is 4.90 Å². The van der Waals surface area contributed by atoms with Crippen LogP contribution in [-0.2, 0) is 14.3 Å². The summed E-state index contributed by atoms with van der Waals surface area (Å²) in [6.07, 6.45) is 0. The molecule has 10 heteroatoms. The molecular formula is C20H20N4O6. The number of hydrogen-bond acceptors (Lipinski definition) is 8. The third-order valence-electron chi connectivity index (χ3n) is 4.47. The number of para-hydroxylation sites is 1. The molecule has 0 aromatic heterocycles. The Hall–Kier alpha value is -3.92. The van der Waals surface area contributed by atoms with Gasteiger partial charge in [0.15, 0.2) is 0 Å². The number of benzene rings is 2. The van der Waals surface area contributed by atoms with Crippen LogP contribution in [0.1, 0.15) is 0 Å². The molecule has 0 aliphatic carbocycles. The van der Waals surface area contributed by atoms with E-state index in [1.807, 2.05) is 6.07 Å². The first-order valence-electron chi connectivity index (χ1n) is 9.03. The summed E-state index contributed by atoms with van der Waals surface area (Å²) in [6.45, 7) is -0.243. The molecule has 0 saturated heterocycles. The van der Waals surface area contributed by atoms with E-state index in [0.29, 0.717) is 5.69 Å². The van der Waals surface area contributed by atoms with Crippen molar-refractivity contribution >= 4 is 34.6 Å².